The van der Waals surface area contributed by atoms with E-state index in [9.17, 15) is 4.79 Å². The van der Waals surface area contributed by atoms with Gasteiger partial charge in [-0.1, -0.05) is 60.7 Å². The second kappa shape index (κ2) is 11.6. The van der Waals surface area contributed by atoms with Crippen LogP contribution in [-0.4, -0.2) is 61.1 Å². The molecule has 0 aliphatic carbocycles. The van der Waals surface area contributed by atoms with Gasteiger partial charge in [-0.25, -0.2) is 0 Å². The normalized spacial score (nSPS) is 23.2. The summed E-state index contributed by atoms with van der Waals surface area (Å²) in [6.45, 7) is 5.55. The number of piperidine rings is 2. The van der Waals surface area contributed by atoms with Crippen LogP contribution in [0.1, 0.15) is 36.8 Å². The van der Waals surface area contributed by atoms with E-state index in [1.165, 1.54) is 11.1 Å². The quantitative estimate of drug-likeness (QED) is 0.687. The lowest BCUT2D eigenvalue weighted by atomic mass is 9.87. The minimum Gasteiger partial charge on any atom is -0.383 e. The van der Waals surface area contributed by atoms with Crippen LogP contribution in [0.15, 0.2) is 60.7 Å². The Kier molecular flexibility index (Phi) is 8.32. The summed E-state index contributed by atoms with van der Waals surface area (Å²) in [5.74, 6) is 0.209. The number of likely N-dealkylation sites (tertiary alicyclic amines) is 2. The molecule has 2 heterocycles. The predicted octanol–water partition coefficient (Wildman–Crippen LogP) is 3.69. The average molecular weight is 436 g/mol. The van der Waals surface area contributed by atoms with Gasteiger partial charge in [0.25, 0.3) is 0 Å². The number of amides is 1. The van der Waals surface area contributed by atoms with Crippen molar-refractivity contribution in [2.75, 3.05) is 33.4 Å². The zero-order valence-electron chi connectivity index (χ0n) is 19.3. The number of hydrogen-bond acceptors (Lipinski definition) is 4. The first-order valence-corrected chi connectivity index (χ1v) is 12.1. The average Bonchev–Trinajstić information content (AvgIpc) is 2.83. The molecule has 2 saturated heterocycles. The summed E-state index contributed by atoms with van der Waals surface area (Å²) in [5.41, 5.74) is 2.65. The van der Waals surface area contributed by atoms with Gasteiger partial charge in [0.1, 0.15) is 0 Å². The maximum atomic E-state index is 13.3. The van der Waals surface area contributed by atoms with Gasteiger partial charge in [-0.2, -0.15) is 0 Å². The third-order valence-corrected chi connectivity index (χ3v) is 6.98. The molecule has 2 aliphatic heterocycles. The van der Waals surface area contributed by atoms with Gasteiger partial charge < -0.3 is 10.1 Å². The zero-order valence-corrected chi connectivity index (χ0v) is 19.3. The van der Waals surface area contributed by atoms with E-state index in [-0.39, 0.29) is 23.9 Å². The summed E-state index contributed by atoms with van der Waals surface area (Å²) in [7, 11) is 1.74. The molecule has 2 unspecified atom stereocenters. The minimum absolute atomic E-state index is 0.00485. The molecular weight excluding hydrogens is 398 g/mol. The molecule has 2 aromatic rings. The number of methoxy groups -OCH3 is 1. The van der Waals surface area contributed by atoms with Gasteiger partial charge in [0.15, 0.2) is 0 Å². The van der Waals surface area contributed by atoms with Crippen LogP contribution in [0.5, 0.6) is 0 Å². The van der Waals surface area contributed by atoms with Crippen LogP contribution in [0, 0.1) is 5.92 Å². The molecule has 172 valence electrons. The maximum Gasteiger partial charge on any atom is 0.225 e. The Balaban J connectivity index is 1.30. The third kappa shape index (κ3) is 6.18. The van der Waals surface area contributed by atoms with Crippen LogP contribution in [-0.2, 0) is 22.6 Å². The summed E-state index contributed by atoms with van der Waals surface area (Å²) >= 11 is 0. The molecule has 0 spiro atoms. The van der Waals surface area contributed by atoms with Crippen LogP contribution in [0.25, 0.3) is 0 Å². The Morgan fingerprint density at radius 2 is 1.53 bits per heavy atom. The monoisotopic (exact) mass is 435 g/mol. The number of carbonyl (C=O) groups excluding carboxylic acids is 1. The Bertz CT molecular complexity index is 821. The molecule has 2 atom stereocenters. The van der Waals surface area contributed by atoms with E-state index >= 15 is 0 Å². The third-order valence-electron chi connectivity index (χ3n) is 6.98. The SMILES string of the molecule is COCC1C(C(=O)NC2CCN(Cc3ccccc3)CC2)CCCN1Cc1ccccc1. The smallest absolute Gasteiger partial charge is 0.225 e. The number of carbonyl (C=O) groups is 1. The number of hydrogen-bond donors (Lipinski definition) is 1. The fourth-order valence-electron chi connectivity index (χ4n) is 5.22. The van der Waals surface area contributed by atoms with E-state index in [4.69, 9.17) is 4.74 Å². The van der Waals surface area contributed by atoms with E-state index in [1.807, 2.05) is 6.07 Å². The van der Waals surface area contributed by atoms with Crippen LogP contribution in [0.2, 0.25) is 0 Å². The van der Waals surface area contributed by atoms with E-state index in [1.54, 1.807) is 7.11 Å². The zero-order chi connectivity index (χ0) is 22.2. The summed E-state index contributed by atoms with van der Waals surface area (Å²) in [5, 5.41) is 3.40. The summed E-state index contributed by atoms with van der Waals surface area (Å²) in [4.78, 5) is 18.2. The molecule has 4 rings (SSSR count). The van der Waals surface area contributed by atoms with Gasteiger partial charge in [-0.15, -0.1) is 0 Å². The van der Waals surface area contributed by atoms with E-state index in [2.05, 4.69) is 69.7 Å². The Hall–Kier alpha value is -2.21. The lowest BCUT2D eigenvalue weighted by Gasteiger charge is -2.41. The van der Waals surface area contributed by atoms with Gasteiger partial charge in [0.05, 0.1) is 12.5 Å². The van der Waals surface area contributed by atoms with Gasteiger partial charge in [-0.3, -0.25) is 14.6 Å². The molecule has 0 aromatic heterocycles. The lowest BCUT2D eigenvalue weighted by molar-refractivity contribution is -0.131. The van der Waals surface area contributed by atoms with Crippen LogP contribution < -0.4 is 5.32 Å². The van der Waals surface area contributed by atoms with Crippen LogP contribution in [0.3, 0.4) is 0 Å². The Morgan fingerprint density at radius 3 is 2.16 bits per heavy atom. The largest absolute Gasteiger partial charge is 0.383 e. The van der Waals surface area contributed by atoms with E-state index < -0.39 is 0 Å². The fraction of sp³-hybridized carbons (Fsp3) is 0.519. The van der Waals surface area contributed by atoms with Gasteiger partial charge in [0.2, 0.25) is 5.91 Å². The van der Waals surface area contributed by atoms with Crippen molar-refractivity contribution in [2.24, 2.45) is 5.92 Å². The predicted molar refractivity (Wildman–Crippen MR) is 128 cm³/mol. The highest BCUT2D eigenvalue weighted by atomic mass is 16.5. The molecule has 1 amide bonds. The molecule has 5 heteroatoms. The van der Waals surface area contributed by atoms with Crippen molar-refractivity contribution in [3.8, 4) is 0 Å². The number of nitrogens with one attached hydrogen (secondary N) is 1. The van der Waals surface area contributed by atoms with Gasteiger partial charge in [-0.05, 0) is 43.4 Å². The first kappa shape index (κ1) is 23.0. The van der Waals surface area contributed by atoms with Crippen molar-refractivity contribution in [3.05, 3.63) is 71.8 Å². The molecule has 0 bridgehead atoms. The summed E-state index contributed by atoms with van der Waals surface area (Å²) in [6, 6.07) is 21.6. The van der Waals surface area contributed by atoms with E-state index in [0.29, 0.717) is 6.61 Å². The fourth-order valence-corrected chi connectivity index (χ4v) is 5.22. The standard InChI is InChI=1S/C27H37N3O2/c1-32-21-26-25(13-8-16-30(26)20-23-11-6-3-7-12-23)27(31)28-24-14-17-29(18-15-24)19-22-9-4-2-5-10-22/h2-7,9-12,24-26H,8,13-21H2,1H3,(H,28,31). The Labute approximate surface area is 192 Å². The maximum absolute atomic E-state index is 13.3. The van der Waals surface area contributed by atoms with Crippen molar-refractivity contribution in [2.45, 2.75) is 50.9 Å². The Morgan fingerprint density at radius 1 is 0.906 bits per heavy atom. The number of benzene rings is 2. The lowest BCUT2D eigenvalue weighted by Crippen LogP contribution is -2.54. The molecule has 32 heavy (non-hydrogen) atoms. The highest BCUT2D eigenvalue weighted by molar-refractivity contribution is 5.79. The summed E-state index contributed by atoms with van der Waals surface area (Å²) in [6.07, 6.45) is 4.04. The van der Waals surface area contributed by atoms with Crippen molar-refractivity contribution < 1.29 is 9.53 Å². The van der Waals surface area contributed by atoms with Gasteiger partial charge in [0, 0.05) is 45.4 Å². The first-order valence-electron chi connectivity index (χ1n) is 12.1. The van der Waals surface area contributed by atoms with Crippen molar-refractivity contribution >= 4 is 5.91 Å². The molecule has 2 aliphatic rings. The molecule has 5 nitrogen and oxygen atoms in total. The molecule has 2 fully saturated rings. The van der Waals surface area contributed by atoms with Crippen LogP contribution in [0.4, 0.5) is 0 Å². The summed E-state index contributed by atoms with van der Waals surface area (Å²) < 4.78 is 5.56. The van der Waals surface area contributed by atoms with Crippen molar-refractivity contribution in [1.29, 1.82) is 0 Å². The highest BCUT2D eigenvalue weighted by Crippen LogP contribution is 2.27. The number of rotatable bonds is 8. The van der Waals surface area contributed by atoms with E-state index in [0.717, 1.165) is 58.4 Å². The molecule has 0 radical (unpaired) electrons. The second-order valence-corrected chi connectivity index (χ2v) is 9.27. The molecule has 1 N–H and O–H groups in total. The first-order chi connectivity index (χ1) is 15.7. The van der Waals surface area contributed by atoms with Crippen molar-refractivity contribution in [1.82, 2.24) is 15.1 Å². The number of nitrogens with zero attached hydrogens (tertiary/aromatic N) is 2. The molecule has 0 saturated carbocycles. The number of ether oxygens (including phenoxy) is 1. The second-order valence-electron chi connectivity index (χ2n) is 9.27. The minimum atomic E-state index is -0.00485. The molecule has 2 aromatic carbocycles. The van der Waals surface area contributed by atoms with Crippen molar-refractivity contribution in [3.63, 3.8) is 0 Å². The van der Waals surface area contributed by atoms with Crippen LogP contribution >= 0.6 is 0 Å². The highest BCUT2D eigenvalue weighted by Gasteiger charge is 2.37. The topological polar surface area (TPSA) is 44.8 Å². The molecular formula is C27H37N3O2. The van der Waals surface area contributed by atoms with Gasteiger partial charge >= 0.3 is 0 Å².